The number of nitrogens with zero attached hydrogens (tertiary/aromatic N) is 1. The van der Waals surface area contributed by atoms with E-state index in [0.717, 1.165) is 18.6 Å². The van der Waals surface area contributed by atoms with Crippen molar-refractivity contribution in [2.45, 2.75) is 18.6 Å². The Morgan fingerprint density at radius 2 is 1.92 bits per heavy atom. The highest BCUT2D eigenvalue weighted by atomic mass is 19.2. The van der Waals surface area contributed by atoms with Gasteiger partial charge in [0, 0.05) is 19.6 Å². The standard InChI is InChI=1S/C19H21F2NO2/c20-17-7-6-15(11-18(17)21)19(23)13-22-8-9-24-16(12-22)10-14-4-2-1-3-5-14/h1-7,11,16,19,23H,8-10,12-13H2. The highest BCUT2D eigenvalue weighted by Gasteiger charge is 2.23. The Morgan fingerprint density at radius 3 is 2.67 bits per heavy atom. The first-order valence-corrected chi connectivity index (χ1v) is 8.12. The van der Waals surface area contributed by atoms with Crippen molar-refractivity contribution in [3.05, 3.63) is 71.3 Å². The molecule has 1 heterocycles. The van der Waals surface area contributed by atoms with Gasteiger partial charge < -0.3 is 9.84 Å². The SMILES string of the molecule is OC(CN1CCOC(Cc2ccccc2)C1)c1ccc(F)c(F)c1. The number of hydrogen-bond donors (Lipinski definition) is 1. The second-order valence-corrected chi connectivity index (χ2v) is 6.13. The summed E-state index contributed by atoms with van der Waals surface area (Å²) in [5, 5.41) is 10.3. The van der Waals surface area contributed by atoms with Crippen LogP contribution in [0.3, 0.4) is 0 Å². The normalized spacial score (nSPS) is 20.0. The van der Waals surface area contributed by atoms with Gasteiger partial charge in [0.15, 0.2) is 11.6 Å². The van der Waals surface area contributed by atoms with E-state index in [9.17, 15) is 13.9 Å². The Kier molecular flexibility index (Phi) is 5.56. The summed E-state index contributed by atoms with van der Waals surface area (Å²) in [5.74, 6) is -1.84. The first-order chi connectivity index (χ1) is 11.6. The quantitative estimate of drug-likeness (QED) is 0.913. The van der Waals surface area contributed by atoms with E-state index in [1.54, 1.807) is 0 Å². The van der Waals surface area contributed by atoms with Crippen LogP contribution in [0.15, 0.2) is 48.5 Å². The van der Waals surface area contributed by atoms with Gasteiger partial charge in [-0.2, -0.15) is 0 Å². The largest absolute Gasteiger partial charge is 0.387 e. The van der Waals surface area contributed by atoms with Crippen LogP contribution in [-0.4, -0.2) is 42.4 Å². The molecule has 2 aromatic rings. The fourth-order valence-corrected chi connectivity index (χ4v) is 3.02. The highest BCUT2D eigenvalue weighted by Crippen LogP contribution is 2.19. The molecule has 1 fully saturated rings. The van der Waals surface area contributed by atoms with Crippen LogP contribution in [0.1, 0.15) is 17.2 Å². The molecule has 1 aliphatic rings. The summed E-state index contributed by atoms with van der Waals surface area (Å²) in [6.45, 7) is 2.39. The second kappa shape index (κ2) is 7.83. The number of ether oxygens (including phenoxy) is 1. The molecule has 0 saturated carbocycles. The summed E-state index contributed by atoms with van der Waals surface area (Å²) in [6.07, 6.45) is 0.0346. The van der Waals surface area contributed by atoms with E-state index in [1.165, 1.54) is 11.6 Å². The Labute approximate surface area is 140 Å². The lowest BCUT2D eigenvalue weighted by Crippen LogP contribution is -2.44. The van der Waals surface area contributed by atoms with Crippen LogP contribution in [0.25, 0.3) is 0 Å². The van der Waals surface area contributed by atoms with Crippen LogP contribution in [0.4, 0.5) is 8.78 Å². The van der Waals surface area contributed by atoms with E-state index in [1.807, 2.05) is 18.2 Å². The van der Waals surface area contributed by atoms with Gasteiger partial charge in [0.1, 0.15) is 0 Å². The zero-order chi connectivity index (χ0) is 16.9. The second-order valence-electron chi connectivity index (χ2n) is 6.13. The summed E-state index contributed by atoms with van der Waals surface area (Å²) in [7, 11) is 0. The first-order valence-electron chi connectivity index (χ1n) is 8.12. The lowest BCUT2D eigenvalue weighted by molar-refractivity contribution is -0.0400. The van der Waals surface area contributed by atoms with Crippen molar-refractivity contribution in [2.24, 2.45) is 0 Å². The average Bonchev–Trinajstić information content (AvgIpc) is 2.58. The molecule has 0 amide bonds. The maximum absolute atomic E-state index is 13.3. The van der Waals surface area contributed by atoms with Crippen LogP contribution in [0.2, 0.25) is 0 Å². The molecule has 2 unspecified atom stereocenters. The minimum Gasteiger partial charge on any atom is -0.387 e. The predicted octanol–water partition coefficient (Wildman–Crippen LogP) is 2.94. The lowest BCUT2D eigenvalue weighted by atomic mass is 10.1. The van der Waals surface area contributed by atoms with Crippen molar-refractivity contribution in [1.29, 1.82) is 0 Å². The van der Waals surface area contributed by atoms with Gasteiger partial charge in [-0.3, -0.25) is 4.90 Å². The third-order valence-electron chi connectivity index (χ3n) is 4.29. The van der Waals surface area contributed by atoms with Crippen LogP contribution < -0.4 is 0 Å². The molecule has 2 atom stereocenters. The number of benzene rings is 2. The fourth-order valence-electron chi connectivity index (χ4n) is 3.02. The summed E-state index contributed by atoms with van der Waals surface area (Å²) in [4.78, 5) is 2.10. The molecule has 0 spiro atoms. The number of aliphatic hydroxyl groups is 1. The number of hydrogen-bond acceptors (Lipinski definition) is 3. The maximum atomic E-state index is 13.3. The Morgan fingerprint density at radius 1 is 1.12 bits per heavy atom. The molecule has 5 heteroatoms. The molecule has 24 heavy (non-hydrogen) atoms. The molecule has 3 nitrogen and oxygen atoms in total. The van der Waals surface area contributed by atoms with Gasteiger partial charge in [-0.05, 0) is 29.7 Å². The Balaban J connectivity index is 1.57. The number of β-amino-alcohol motifs (C(OH)–C–C–N with tert-alkyl or cyclic N) is 1. The summed E-state index contributed by atoms with van der Waals surface area (Å²) < 4.78 is 32.1. The van der Waals surface area contributed by atoms with Crippen molar-refractivity contribution in [1.82, 2.24) is 4.90 Å². The number of halogens is 2. The van der Waals surface area contributed by atoms with E-state index >= 15 is 0 Å². The van der Waals surface area contributed by atoms with Crippen molar-refractivity contribution in [3.8, 4) is 0 Å². The van der Waals surface area contributed by atoms with Crippen LogP contribution in [-0.2, 0) is 11.2 Å². The van der Waals surface area contributed by atoms with Crippen molar-refractivity contribution >= 4 is 0 Å². The Hall–Kier alpha value is -1.82. The van der Waals surface area contributed by atoms with E-state index < -0.39 is 17.7 Å². The first kappa shape index (κ1) is 17.0. The minimum absolute atomic E-state index is 0.0679. The average molecular weight is 333 g/mol. The smallest absolute Gasteiger partial charge is 0.159 e. The van der Waals surface area contributed by atoms with Crippen LogP contribution >= 0.6 is 0 Å². The van der Waals surface area contributed by atoms with Gasteiger partial charge in [0.2, 0.25) is 0 Å². The zero-order valence-corrected chi connectivity index (χ0v) is 13.4. The van der Waals surface area contributed by atoms with Crippen molar-refractivity contribution in [3.63, 3.8) is 0 Å². The van der Waals surface area contributed by atoms with Crippen LogP contribution in [0, 0.1) is 11.6 Å². The topological polar surface area (TPSA) is 32.7 Å². The van der Waals surface area contributed by atoms with Gasteiger partial charge >= 0.3 is 0 Å². The maximum Gasteiger partial charge on any atom is 0.159 e. The van der Waals surface area contributed by atoms with Crippen LogP contribution in [0.5, 0.6) is 0 Å². The van der Waals surface area contributed by atoms with E-state index in [-0.39, 0.29) is 6.10 Å². The van der Waals surface area contributed by atoms with Gasteiger partial charge in [-0.25, -0.2) is 8.78 Å². The fraction of sp³-hybridized carbons (Fsp3) is 0.368. The number of aliphatic hydroxyl groups excluding tert-OH is 1. The number of rotatable bonds is 5. The summed E-state index contributed by atoms with van der Waals surface area (Å²) in [6, 6.07) is 13.6. The molecule has 128 valence electrons. The lowest BCUT2D eigenvalue weighted by Gasteiger charge is -2.34. The molecule has 0 radical (unpaired) electrons. The summed E-state index contributed by atoms with van der Waals surface area (Å²) in [5.41, 5.74) is 1.60. The third kappa shape index (κ3) is 4.38. The Bertz CT molecular complexity index is 666. The molecule has 2 aromatic carbocycles. The molecule has 1 N–H and O–H groups in total. The third-order valence-corrected chi connectivity index (χ3v) is 4.29. The monoisotopic (exact) mass is 333 g/mol. The minimum atomic E-state index is -0.935. The molecule has 0 aliphatic carbocycles. The summed E-state index contributed by atoms with van der Waals surface area (Å²) >= 11 is 0. The van der Waals surface area contributed by atoms with Gasteiger partial charge in [-0.1, -0.05) is 36.4 Å². The predicted molar refractivity (Wildman–Crippen MR) is 87.6 cm³/mol. The molecular formula is C19H21F2NO2. The molecule has 0 bridgehead atoms. The van der Waals surface area contributed by atoms with Gasteiger partial charge in [0.05, 0.1) is 18.8 Å². The van der Waals surface area contributed by atoms with Gasteiger partial charge in [-0.15, -0.1) is 0 Å². The van der Waals surface area contributed by atoms with Crippen molar-refractivity contribution in [2.75, 3.05) is 26.2 Å². The molecular weight excluding hydrogens is 312 g/mol. The van der Waals surface area contributed by atoms with E-state index in [4.69, 9.17) is 4.74 Å². The zero-order valence-electron chi connectivity index (χ0n) is 13.4. The molecule has 1 saturated heterocycles. The van der Waals surface area contributed by atoms with E-state index in [0.29, 0.717) is 31.8 Å². The molecule has 0 aromatic heterocycles. The number of morpholine rings is 1. The van der Waals surface area contributed by atoms with Gasteiger partial charge in [0.25, 0.3) is 0 Å². The molecule has 1 aliphatic heterocycles. The van der Waals surface area contributed by atoms with Crippen molar-refractivity contribution < 1.29 is 18.6 Å². The van der Waals surface area contributed by atoms with E-state index in [2.05, 4.69) is 17.0 Å². The highest BCUT2D eigenvalue weighted by molar-refractivity contribution is 5.20. The molecule has 3 rings (SSSR count).